The number of hydrogen-bond donors (Lipinski definition) is 7. The number of hydrogen-bond acceptors (Lipinski definition) is 7. The molecule has 1 aliphatic heterocycles. The van der Waals surface area contributed by atoms with Gasteiger partial charge in [0.05, 0.1) is 6.04 Å². The van der Waals surface area contributed by atoms with Crippen molar-refractivity contribution >= 4 is 42.3 Å². The minimum absolute atomic E-state index is 0.0347. The van der Waals surface area contributed by atoms with Gasteiger partial charge in [-0.25, -0.2) is 4.79 Å². The van der Waals surface area contributed by atoms with E-state index in [0.29, 0.717) is 38.8 Å². The van der Waals surface area contributed by atoms with Crippen molar-refractivity contribution in [1.29, 1.82) is 0 Å². The Hall–Kier alpha value is -2.54. The van der Waals surface area contributed by atoms with Gasteiger partial charge in [-0.15, -0.1) is 0 Å². The van der Waals surface area contributed by atoms with Crippen molar-refractivity contribution in [2.45, 2.75) is 63.7 Å². The van der Waals surface area contributed by atoms with Crippen molar-refractivity contribution in [2.75, 3.05) is 18.8 Å². The number of amides is 3. The summed E-state index contributed by atoms with van der Waals surface area (Å²) in [6.45, 7) is 4.05. The minimum atomic E-state index is -1.17. The van der Waals surface area contributed by atoms with E-state index in [1.54, 1.807) is 13.8 Å². The Morgan fingerprint density at radius 1 is 1.22 bits per heavy atom. The standard InChI is InChI=1S/C19H35N7O5S/c1-10(2)14(18(30)31)25-15(27)12(9-32)24-16(28)13-6-4-8-26(13)17(29)11(20)5-3-7-23-19(21)22/h10-14,32H,3-9,20H2,1-2H3,(H,24,28)(H,25,27)(H,30,31)(H4,21,22,23). The normalized spacial score (nSPS) is 18.5. The van der Waals surface area contributed by atoms with E-state index in [-0.39, 0.29) is 23.5 Å². The SMILES string of the molecule is CC(C)C(NC(=O)C(CS)NC(=O)C1CCCN1C(=O)C(N)CCCN=C(N)N)C(=O)O. The number of carbonyl (C=O) groups is 4. The summed E-state index contributed by atoms with van der Waals surface area (Å²) in [4.78, 5) is 54.7. The predicted octanol–water partition coefficient (Wildman–Crippen LogP) is -2.00. The molecule has 0 aliphatic carbocycles. The van der Waals surface area contributed by atoms with Crippen LogP contribution in [0.1, 0.15) is 39.5 Å². The van der Waals surface area contributed by atoms with Crippen LogP contribution in [0.4, 0.5) is 0 Å². The average molecular weight is 474 g/mol. The second-order valence-corrected chi connectivity index (χ2v) is 8.42. The number of guanidine groups is 1. The summed E-state index contributed by atoms with van der Waals surface area (Å²) in [7, 11) is 0. The van der Waals surface area contributed by atoms with Gasteiger partial charge in [0.25, 0.3) is 0 Å². The Labute approximate surface area is 193 Å². The fourth-order valence-corrected chi connectivity index (χ4v) is 3.65. The molecular formula is C19H35N7O5S. The second kappa shape index (κ2) is 13.1. The topological polar surface area (TPSA) is 206 Å². The van der Waals surface area contributed by atoms with Crippen LogP contribution in [0, 0.1) is 5.92 Å². The number of nitrogens with zero attached hydrogens (tertiary/aromatic N) is 2. The van der Waals surface area contributed by atoms with Gasteiger partial charge in [0, 0.05) is 18.8 Å². The first-order valence-corrected chi connectivity index (χ1v) is 11.2. The molecule has 182 valence electrons. The summed E-state index contributed by atoms with van der Waals surface area (Å²) in [6, 6.07) is -3.70. The summed E-state index contributed by atoms with van der Waals surface area (Å²) in [6.07, 6.45) is 1.92. The van der Waals surface area contributed by atoms with Crippen molar-refractivity contribution < 1.29 is 24.3 Å². The highest BCUT2D eigenvalue weighted by atomic mass is 32.1. The smallest absolute Gasteiger partial charge is 0.326 e. The van der Waals surface area contributed by atoms with Crippen LogP contribution in [-0.2, 0) is 19.2 Å². The van der Waals surface area contributed by atoms with Crippen LogP contribution < -0.4 is 27.8 Å². The van der Waals surface area contributed by atoms with E-state index < -0.39 is 42.0 Å². The van der Waals surface area contributed by atoms with Crippen molar-refractivity contribution in [2.24, 2.45) is 28.1 Å². The maximum absolute atomic E-state index is 12.8. The van der Waals surface area contributed by atoms with Crippen LogP contribution in [0.3, 0.4) is 0 Å². The second-order valence-electron chi connectivity index (χ2n) is 8.06. The molecule has 0 aromatic carbocycles. The summed E-state index contributed by atoms with van der Waals surface area (Å²) in [5, 5.41) is 14.3. The Bertz CT molecular complexity index is 714. The number of thiol groups is 1. The van der Waals surface area contributed by atoms with Crippen LogP contribution >= 0.6 is 12.6 Å². The van der Waals surface area contributed by atoms with Gasteiger partial charge in [-0.3, -0.25) is 19.4 Å². The van der Waals surface area contributed by atoms with Crippen molar-refractivity contribution in [1.82, 2.24) is 15.5 Å². The predicted molar refractivity (Wildman–Crippen MR) is 123 cm³/mol. The molecule has 4 unspecified atom stereocenters. The van der Waals surface area contributed by atoms with Crippen LogP contribution in [0.5, 0.6) is 0 Å². The number of nitrogens with one attached hydrogen (secondary N) is 2. The lowest BCUT2D eigenvalue weighted by molar-refractivity contribution is -0.144. The molecule has 0 aromatic heterocycles. The number of likely N-dealkylation sites (tertiary alicyclic amines) is 1. The van der Waals surface area contributed by atoms with Crippen LogP contribution in [0.2, 0.25) is 0 Å². The zero-order valence-electron chi connectivity index (χ0n) is 18.5. The average Bonchev–Trinajstić information content (AvgIpc) is 3.21. The minimum Gasteiger partial charge on any atom is -0.480 e. The maximum atomic E-state index is 12.8. The Morgan fingerprint density at radius 3 is 2.41 bits per heavy atom. The van der Waals surface area contributed by atoms with Gasteiger partial charge in [0.2, 0.25) is 17.7 Å². The van der Waals surface area contributed by atoms with Crippen LogP contribution in [-0.4, -0.2) is 82.7 Å². The lowest BCUT2D eigenvalue weighted by Crippen LogP contribution is -2.57. The summed E-state index contributed by atoms with van der Waals surface area (Å²) >= 11 is 4.10. The lowest BCUT2D eigenvalue weighted by Gasteiger charge is -2.28. The van der Waals surface area contributed by atoms with Gasteiger partial charge in [0.1, 0.15) is 18.1 Å². The van der Waals surface area contributed by atoms with E-state index in [0.717, 1.165) is 0 Å². The summed E-state index contributed by atoms with van der Waals surface area (Å²) in [5.41, 5.74) is 16.5. The molecular weight excluding hydrogens is 438 g/mol. The molecule has 12 nitrogen and oxygen atoms in total. The Kier molecular flexibility index (Phi) is 11.3. The fourth-order valence-electron chi connectivity index (χ4n) is 3.39. The van der Waals surface area contributed by atoms with E-state index in [2.05, 4.69) is 28.3 Å². The van der Waals surface area contributed by atoms with Gasteiger partial charge in [-0.1, -0.05) is 13.8 Å². The van der Waals surface area contributed by atoms with E-state index in [1.807, 2.05) is 0 Å². The monoisotopic (exact) mass is 473 g/mol. The molecule has 1 heterocycles. The van der Waals surface area contributed by atoms with Crippen molar-refractivity contribution in [3.05, 3.63) is 0 Å². The molecule has 1 fully saturated rings. The quantitative estimate of drug-likeness (QED) is 0.0728. The Balaban J connectivity index is 2.72. The first-order chi connectivity index (χ1) is 15.0. The lowest BCUT2D eigenvalue weighted by atomic mass is 10.0. The molecule has 13 heteroatoms. The van der Waals surface area contributed by atoms with Crippen molar-refractivity contribution in [3.8, 4) is 0 Å². The molecule has 1 aliphatic rings. The molecule has 0 aromatic rings. The van der Waals surface area contributed by atoms with Gasteiger partial charge in [-0.05, 0) is 31.6 Å². The van der Waals surface area contributed by atoms with Gasteiger partial charge in [-0.2, -0.15) is 12.6 Å². The number of aliphatic carboxylic acids is 1. The summed E-state index contributed by atoms with van der Waals surface area (Å²) in [5.74, 6) is -3.09. The number of aliphatic imine (C=N–C) groups is 1. The molecule has 0 bridgehead atoms. The zero-order valence-corrected chi connectivity index (χ0v) is 19.4. The molecule has 9 N–H and O–H groups in total. The number of carbonyl (C=O) groups excluding carboxylic acids is 3. The number of nitrogens with two attached hydrogens (primary N) is 3. The van der Waals surface area contributed by atoms with Gasteiger partial charge < -0.3 is 37.8 Å². The van der Waals surface area contributed by atoms with Crippen LogP contribution in [0.25, 0.3) is 0 Å². The third-order valence-corrected chi connectivity index (χ3v) is 5.53. The van der Waals surface area contributed by atoms with E-state index in [1.165, 1.54) is 4.90 Å². The zero-order chi connectivity index (χ0) is 24.4. The van der Waals surface area contributed by atoms with Gasteiger partial charge >= 0.3 is 5.97 Å². The molecule has 1 saturated heterocycles. The maximum Gasteiger partial charge on any atom is 0.326 e. The molecule has 1 rings (SSSR count). The number of rotatable bonds is 12. The molecule has 32 heavy (non-hydrogen) atoms. The largest absolute Gasteiger partial charge is 0.480 e. The first kappa shape index (κ1) is 27.5. The highest BCUT2D eigenvalue weighted by Crippen LogP contribution is 2.19. The van der Waals surface area contributed by atoms with Crippen molar-refractivity contribution in [3.63, 3.8) is 0 Å². The fraction of sp³-hybridized carbons (Fsp3) is 0.737. The van der Waals surface area contributed by atoms with E-state index in [9.17, 15) is 24.3 Å². The third-order valence-electron chi connectivity index (χ3n) is 5.17. The highest BCUT2D eigenvalue weighted by Gasteiger charge is 2.37. The number of carboxylic acids is 1. The highest BCUT2D eigenvalue weighted by molar-refractivity contribution is 7.80. The molecule has 0 radical (unpaired) electrons. The first-order valence-electron chi connectivity index (χ1n) is 10.5. The van der Waals surface area contributed by atoms with Crippen LogP contribution in [0.15, 0.2) is 4.99 Å². The molecule has 0 saturated carbocycles. The Morgan fingerprint density at radius 2 is 1.88 bits per heavy atom. The van der Waals surface area contributed by atoms with Gasteiger partial charge in [0.15, 0.2) is 5.96 Å². The molecule has 4 atom stereocenters. The van der Waals surface area contributed by atoms with E-state index >= 15 is 0 Å². The summed E-state index contributed by atoms with van der Waals surface area (Å²) < 4.78 is 0. The molecule has 3 amide bonds. The third kappa shape index (κ3) is 8.19. The molecule has 0 spiro atoms. The number of carboxylic acid groups (broad SMARTS) is 1. The van der Waals surface area contributed by atoms with E-state index in [4.69, 9.17) is 17.2 Å².